The number of hydrogen-bond donors (Lipinski definition) is 1. The number of thiazole rings is 1. The van der Waals surface area contributed by atoms with Crippen molar-refractivity contribution < 1.29 is 9.18 Å². The van der Waals surface area contributed by atoms with Crippen molar-refractivity contribution in [3.8, 4) is 0 Å². The van der Waals surface area contributed by atoms with Crippen molar-refractivity contribution in [3.05, 3.63) is 63.9 Å². The first-order chi connectivity index (χ1) is 10.1. The molecule has 5 heteroatoms. The van der Waals surface area contributed by atoms with Crippen LogP contribution in [0.3, 0.4) is 0 Å². The molecule has 3 rings (SSSR count). The van der Waals surface area contributed by atoms with E-state index in [1.807, 2.05) is 6.92 Å². The molecule has 0 fully saturated rings. The lowest BCUT2D eigenvalue weighted by molar-refractivity contribution is 0.0953. The van der Waals surface area contributed by atoms with Crippen LogP contribution in [0.1, 0.15) is 20.2 Å². The monoisotopic (exact) mass is 300 g/mol. The van der Waals surface area contributed by atoms with Crippen LogP contribution >= 0.6 is 11.3 Å². The number of hydrogen-bond acceptors (Lipinski definition) is 3. The lowest BCUT2D eigenvalue weighted by Gasteiger charge is -2.08. The first-order valence-corrected chi connectivity index (χ1v) is 7.33. The second-order valence-corrected chi connectivity index (χ2v) is 5.99. The number of nitrogens with one attached hydrogen (secondary N) is 1. The maximum atomic E-state index is 13.7. The smallest absolute Gasteiger partial charge is 0.252 e. The highest BCUT2D eigenvalue weighted by molar-refractivity contribution is 7.11. The SMILES string of the molecule is Cc1ncc(CNC(=O)c2ccc(F)c3ccccc23)s1. The van der Waals surface area contributed by atoms with Gasteiger partial charge in [-0.05, 0) is 24.4 Å². The van der Waals surface area contributed by atoms with E-state index in [4.69, 9.17) is 0 Å². The molecule has 3 aromatic rings. The Morgan fingerprint density at radius 1 is 1.24 bits per heavy atom. The van der Waals surface area contributed by atoms with Crippen LogP contribution in [0, 0.1) is 12.7 Å². The standard InChI is InChI=1S/C16H13FN2OS/c1-10-18-8-11(21-10)9-19-16(20)14-6-7-15(17)13-5-3-2-4-12(13)14/h2-8H,9H2,1H3,(H,19,20). The number of halogens is 1. The van der Waals surface area contributed by atoms with Gasteiger partial charge in [-0.2, -0.15) is 0 Å². The predicted octanol–water partition coefficient (Wildman–Crippen LogP) is 3.67. The zero-order valence-corrected chi connectivity index (χ0v) is 12.2. The summed E-state index contributed by atoms with van der Waals surface area (Å²) in [5.74, 6) is -0.530. The molecule has 0 aliphatic carbocycles. The molecule has 0 radical (unpaired) electrons. The van der Waals surface area contributed by atoms with Gasteiger partial charge in [0.1, 0.15) is 5.82 Å². The van der Waals surface area contributed by atoms with Gasteiger partial charge >= 0.3 is 0 Å². The Balaban J connectivity index is 1.86. The number of amides is 1. The molecule has 0 saturated heterocycles. The number of aryl methyl sites for hydroxylation is 1. The number of fused-ring (bicyclic) bond motifs is 1. The zero-order chi connectivity index (χ0) is 14.8. The molecule has 2 aromatic carbocycles. The number of aromatic nitrogens is 1. The summed E-state index contributed by atoms with van der Waals surface area (Å²) in [6, 6.07) is 9.83. The summed E-state index contributed by atoms with van der Waals surface area (Å²) in [5.41, 5.74) is 0.480. The quantitative estimate of drug-likeness (QED) is 0.802. The largest absolute Gasteiger partial charge is 0.347 e. The van der Waals surface area contributed by atoms with Gasteiger partial charge in [-0.3, -0.25) is 4.79 Å². The van der Waals surface area contributed by atoms with E-state index in [0.717, 1.165) is 9.88 Å². The van der Waals surface area contributed by atoms with E-state index in [9.17, 15) is 9.18 Å². The molecule has 1 aromatic heterocycles. The molecule has 3 nitrogen and oxygen atoms in total. The minimum absolute atomic E-state index is 0.211. The van der Waals surface area contributed by atoms with Crippen molar-refractivity contribution in [2.75, 3.05) is 0 Å². The Morgan fingerprint density at radius 3 is 2.71 bits per heavy atom. The van der Waals surface area contributed by atoms with Gasteiger partial charge in [-0.1, -0.05) is 24.3 Å². The first-order valence-electron chi connectivity index (χ1n) is 6.52. The second kappa shape index (κ2) is 5.61. The Labute approximate surface area is 125 Å². The van der Waals surface area contributed by atoms with E-state index in [1.54, 1.807) is 41.8 Å². The zero-order valence-electron chi connectivity index (χ0n) is 11.4. The van der Waals surface area contributed by atoms with Crippen LogP contribution in [-0.2, 0) is 6.54 Å². The fourth-order valence-corrected chi connectivity index (χ4v) is 2.94. The van der Waals surface area contributed by atoms with Crippen LogP contribution in [0.5, 0.6) is 0 Å². The third kappa shape index (κ3) is 2.78. The molecule has 1 amide bonds. The number of carbonyl (C=O) groups is 1. The fraction of sp³-hybridized carbons (Fsp3) is 0.125. The second-order valence-electron chi connectivity index (χ2n) is 4.67. The third-order valence-corrected chi connectivity index (χ3v) is 4.12. The summed E-state index contributed by atoms with van der Waals surface area (Å²) in [5, 5.41) is 4.89. The molecule has 21 heavy (non-hydrogen) atoms. The number of rotatable bonds is 3. The van der Waals surface area contributed by atoms with Crippen LogP contribution in [-0.4, -0.2) is 10.9 Å². The van der Waals surface area contributed by atoms with Gasteiger partial charge in [0.2, 0.25) is 0 Å². The van der Waals surface area contributed by atoms with Crippen LogP contribution in [0.25, 0.3) is 10.8 Å². The topological polar surface area (TPSA) is 42.0 Å². The molecule has 0 aliphatic heterocycles. The molecule has 0 unspecified atom stereocenters. The van der Waals surface area contributed by atoms with Crippen molar-refractivity contribution in [2.45, 2.75) is 13.5 Å². The van der Waals surface area contributed by atoms with Gasteiger partial charge in [0.05, 0.1) is 11.6 Å². The maximum Gasteiger partial charge on any atom is 0.252 e. The van der Waals surface area contributed by atoms with E-state index in [1.165, 1.54) is 12.1 Å². The highest BCUT2D eigenvalue weighted by Gasteiger charge is 2.12. The summed E-state index contributed by atoms with van der Waals surface area (Å²) in [6.07, 6.45) is 1.75. The fourth-order valence-electron chi connectivity index (χ4n) is 2.21. The van der Waals surface area contributed by atoms with Gasteiger partial charge < -0.3 is 5.32 Å². The Morgan fingerprint density at radius 2 is 2.00 bits per heavy atom. The molecule has 1 N–H and O–H groups in total. The van der Waals surface area contributed by atoms with Crippen molar-refractivity contribution >= 4 is 28.0 Å². The average Bonchev–Trinajstić information content (AvgIpc) is 2.91. The van der Waals surface area contributed by atoms with Crippen molar-refractivity contribution in [2.24, 2.45) is 0 Å². The molecular weight excluding hydrogens is 287 g/mol. The number of nitrogens with zero attached hydrogens (tertiary/aromatic N) is 1. The molecule has 0 saturated carbocycles. The predicted molar refractivity (Wildman–Crippen MR) is 81.9 cm³/mol. The van der Waals surface area contributed by atoms with Gasteiger partial charge in [0, 0.05) is 22.0 Å². The Kier molecular flexibility index (Phi) is 3.66. The Bertz CT molecular complexity index is 813. The van der Waals surface area contributed by atoms with Gasteiger partial charge in [0.15, 0.2) is 0 Å². The summed E-state index contributed by atoms with van der Waals surface area (Å²) in [4.78, 5) is 17.4. The van der Waals surface area contributed by atoms with Crippen LogP contribution < -0.4 is 5.32 Å². The van der Waals surface area contributed by atoms with E-state index in [0.29, 0.717) is 22.9 Å². The lowest BCUT2D eigenvalue weighted by Crippen LogP contribution is -2.22. The number of benzene rings is 2. The minimum Gasteiger partial charge on any atom is -0.347 e. The van der Waals surface area contributed by atoms with Crippen LogP contribution in [0.15, 0.2) is 42.6 Å². The third-order valence-electron chi connectivity index (χ3n) is 3.21. The summed E-state index contributed by atoms with van der Waals surface area (Å²) >= 11 is 1.55. The molecular formula is C16H13FN2OS. The van der Waals surface area contributed by atoms with E-state index in [-0.39, 0.29) is 11.7 Å². The molecule has 1 heterocycles. The Hall–Kier alpha value is -2.27. The average molecular weight is 300 g/mol. The summed E-state index contributed by atoms with van der Waals surface area (Å²) < 4.78 is 13.7. The minimum atomic E-state index is -0.319. The van der Waals surface area contributed by atoms with Gasteiger partial charge in [-0.25, -0.2) is 9.37 Å². The van der Waals surface area contributed by atoms with E-state index in [2.05, 4.69) is 10.3 Å². The maximum absolute atomic E-state index is 13.7. The van der Waals surface area contributed by atoms with Crippen molar-refractivity contribution in [1.82, 2.24) is 10.3 Å². The normalized spacial score (nSPS) is 10.8. The molecule has 0 spiro atoms. The van der Waals surface area contributed by atoms with Crippen molar-refractivity contribution in [1.29, 1.82) is 0 Å². The van der Waals surface area contributed by atoms with E-state index < -0.39 is 0 Å². The summed E-state index contributed by atoms with van der Waals surface area (Å²) in [6.45, 7) is 2.35. The summed E-state index contributed by atoms with van der Waals surface area (Å²) in [7, 11) is 0. The van der Waals surface area contributed by atoms with E-state index >= 15 is 0 Å². The molecule has 106 valence electrons. The van der Waals surface area contributed by atoms with Crippen LogP contribution in [0.4, 0.5) is 4.39 Å². The number of carbonyl (C=O) groups excluding carboxylic acids is 1. The highest BCUT2D eigenvalue weighted by Crippen LogP contribution is 2.22. The lowest BCUT2D eigenvalue weighted by atomic mass is 10.0. The van der Waals surface area contributed by atoms with Gasteiger partial charge in [0.25, 0.3) is 5.91 Å². The van der Waals surface area contributed by atoms with Crippen molar-refractivity contribution in [3.63, 3.8) is 0 Å². The van der Waals surface area contributed by atoms with Crippen LogP contribution in [0.2, 0.25) is 0 Å². The molecule has 0 atom stereocenters. The molecule has 0 bridgehead atoms. The molecule has 0 aliphatic rings. The first kappa shape index (κ1) is 13.7. The van der Waals surface area contributed by atoms with Gasteiger partial charge in [-0.15, -0.1) is 11.3 Å². The highest BCUT2D eigenvalue weighted by atomic mass is 32.1.